The zero-order valence-corrected chi connectivity index (χ0v) is 18.1. The van der Waals surface area contributed by atoms with E-state index in [9.17, 15) is 4.79 Å². The molecule has 0 radical (unpaired) electrons. The van der Waals surface area contributed by atoms with Gasteiger partial charge in [-0.1, -0.05) is 53.0 Å². The molecule has 0 aliphatic heterocycles. The Morgan fingerprint density at radius 1 is 1.03 bits per heavy atom. The fourth-order valence-corrected chi connectivity index (χ4v) is 3.14. The van der Waals surface area contributed by atoms with E-state index < -0.39 is 0 Å². The predicted molar refractivity (Wildman–Crippen MR) is 120 cm³/mol. The van der Waals surface area contributed by atoms with Crippen molar-refractivity contribution in [2.24, 2.45) is 5.10 Å². The zero-order chi connectivity index (χ0) is 21.5. The number of rotatable bonds is 7. The molecule has 8 heteroatoms. The Labute approximate surface area is 189 Å². The van der Waals surface area contributed by atoms with Crippen molar-refractivity contribution in [2.45, 2.75) is 6.61 Å². The van der Waals surface area contributed by atoms with Crippen LogP contribution < -0.4 is 14.9 Å². The smallest absolute Gasteiger partial charge is 0.271 e. The number of hydrazone groups is 1. The number of hydrogen-bond acceptors (Lipinski definition) is 4. The summed E-state index contributed by atoms with van der Waals surface area (Å²) in [7, 11) is 1.52. The monoisotopic (exact) mass is 462 g/mol. The number of benzene rings is 3. The number of ether oxygens (including phenoxy) is 2. The minimum Gasteiger partial charge on any atom is -0.493 e. The average molecular weight is 464 g/mol. The summed E-state index contributed by atoms with van der Waals surface area (Å²) in [5, 5.41) is 5.44. The number of amides is 1. The van der Waals surface area contributed by atoms with Gasteiger partial charge in [0.05, 0.1) is 18.3 Å². The SMILES string of the molecule is COc1cc(/C=N\NC(=O)c2cccc(Cl)c2)cc(Cl)c1OCc1ccc(Cl)cc1. The Balaban J connectivity index is 1.69. The van der Waals surface area contributed by atoms with E-state index in [2.05, 4.69) is 10.5 Å². The molecule has 0 bridgehead atoms. The average Bonchev–Trinajstić information content (AvgIpc) is 2.73. The molecule has 0 aliphatic carbocycles. The van der Waals surface area contributed by atoms with Crippen LogP contribution in [0.15, 0.2) is 65.8 Å². The molecular weight excluding hydrogens is 447 g/mol. The first-order chi connectivity index (χ1) is 14.5. The fourth-order valence-electron chi connectivity index (χ4n) is 2.55. The molecule has 154 valence electrons. The van der Waals surface area contributed by atoms with Gasteiger partial charge < -0.3 is 9.47 Å². The first-order valence-corrected chi connectivity index (χ1v) is 9.93. The Bertz CT molecular complexity index is 1070. The van der Waals surface area contributed by atoms with Crippen molar-refractivity contribution in [3.8, 4) is 11.5 Å². The highest BCUT2D eigenvalue weighted by molar-refractivity contribution is 6.32. The van der Waals surface area contributed by atoms with Crippen LogP contribution in [-0.4, -0.2) is 19.2 Å². The number of carbonyl (C=O) groups is 1. The molecular formula is C22H17Cl3N2O3. The van der Waals surface area contributed by atoms with E-state index in [1.807, 2.05) is 12.1 Å². The normalized spacial score (nSPS) is 10.8. The van der Waals surface area contributed by atoms with Gasteiger partial charge in [0.25, 0.3) is 5.91 Å². The Morgan fingerprint density at radius 2 is 1.80 bits per heavy atom. The third kappa shape index (κ3) is 5.89. The maximum Gasteiger partial charge on any atom is 0.271 e. The van der Waals surface area contributed by atoms with Crippen LogP contribution in [-0.2, 0) is 6.61 Å². The molecule has 0 unspecified atom stereocenters. The summed E-state index contributed by atoms with van der Waals surface area (Å²) >= 11 is 18.2. The van der Waals surface area contributed by atoms with E-state index in [1.54, 1.807) is 48.5 Å². The Hall–Kier alpha value is -2.73. The number of nitrogens with one attached hydrogen (secondary N) is 1. The zero-order valence-electron chi connectivity index (χ0n) is 15.9. The highest BCUT2D eigenvalue weighted by Gasteiger charge is 2.12. The second kappa shape index (κ2) is 10.3. The van der Waals surface area contributed by atoms with Crippen molar-refractivity contribution in [1.29, 1.82) is 0 Å². The molecule has 1 amide bonds. The predicted octanol–water partition coefficient (Wildman–Crippen LogP) is 6.00. The topological polar surface area (TPSA) is 59.9 Å². The molecule has 0 atom stereocenters. The van der Waals surface area contributed by atoms with Crippen LogP contribution in [0.1, 0.15) is 21.5 Å². The summed E-state index contributed by atoms with van der Waals surface area (Å²) in [6, 6.07) is 17.3. The van der Waals surface area contributed by atoms with Gasteiger partial charge in [-0.25, -0.2) is 5.43 Å². The largest absolute Gasteiger partial charge is 0.493 e. The highest BCUT2D eigenvalue weighted by Crippen LogP contribution is 2.36. The van der Waals surface area contributed by atoms with Crippen molar-refractivity contribution in [2.75, 3.05) is 7.11 Å². The summed E-state index contributed by atoms with van der Waals surface area (Å²) < 4.78 is 11.2. The van der Waals surface area contributed by atoms with Gasteiger partial charge in [-0.3, -0.25) is 4.79 Å². The van der Waals surface area contributed by atoms with Gasteiger partial charge in [0.15, 0.2) is 11.5 Å². The molecule has 0 saturated heterocycles. The van der Waals surface area contributed by atoms with Crippen LogP contribution >= 0.6 is 34.8 Å². The minimum atomic E-state index is -0.380. The van der Waals surface area contributed by atoms with Crippen LogP contribution in [0.4, 0.5) is 0 Å². The number of nitrogens with zero attached hydrogens (tertiary/aromatic N) is 1. The van der Waals surface area contributed by atoms with Crippen molar-refractivity contribution in [1.82, 2.24) is 5.43 Å². The number of hydrogen-bond donors (Lipinski definition) is 1. The Morgan fingerprint density at radius 3 is 2.50 bits per heavy atom. The summed E-state index contributed by atoms with van der Waals surface area (Å²) in [6.45, 7) is 0.302. The molecule has 3 rings (SSSR count). The van der Waals surface area contributed by atoms with E-state index in [-0.39, 0.29) is 5.91 Å². The second-order valence-electron chi connectivity index (χ2n) is 6.16. The molecule has 5 nitrogen and oxygen atoms in total. The molecule has 0 aliphatic rings. The highest BCUT2D eigenvalue weighted by atomic mass is 35.5. The van der Waals surface area contributed by atoms with Crippen LogP contribution in [0.25, 0.3) is 0 Å². The molecule has 3 aromatic rings. The maximum absolute atomic E-state index is 12.1. The van der Waals surface area contributed by atoms with Crippen molar-refractivity contribution < 1.29 is 14.3 Å². The number of halogens is 3. The molecule has 0 aromatic heterocycles. The molecule has 0 fully saturated rings. The van der Waals surface area contributed by atoms with Gasteiger partial charge in [0, 0.05) is 15.6 Å². The minimum absolute atomic E-state index is 0.302. The van der Waals surface area contributed by atoms with Gasteiger partial charge >= 0.3 is 0 Å². The Kier molecular flexibility index (Phi) is 7.57. The van der Waals surface area contributed by atoms with E-state index in [0.717, 1.165) is 5.56 Å². The van der Waals surface area contributed by atoms with E-state index >= 15 is 0 Å². The molecule has 0 saturated carbocycles. The first kappa shape index (κ1) is 22.0. The van der Waals surface area contributed by atoms with Crippen molar-refractivity contribution >= 4 is 46.9 Å². The van der Waals surface area contributed by atoms with E-state index in [4.69, 9.17) is 44.3 Å². The van der Waals surface area contributed by atoms with Crippen LogP contribution in [0.5, 0.6) is 11.5 Å². The summed E-state index contributed by atoms with van der Waals surface area (Å²) in [5.41, 5.74) is 4.41. The first-order valence-electron chi connectivity index (χ1n) is 8.80. The summed E-state index contributed by atoms with van der Waals surface area (Å²) in [5.74, 6) is 0.475. The number of methoxy groups -OCH3 is 1. The lowest BCUT2D eigenvalue weighted by atomic mass is 10.2. The molecule has 1 N–H and O–H groups in total. The summed E-state index contributed by atoms with van der Waals surface area (Å²) in [4.78, 5) is 12.1. The molecule has 0 spiro atoms. The molecule has 30 heavy (non-hydrogen) atoms. The van der Waals surface area contributed by atoms with Crippen LogP contribution in [0.3, 0.4) is 0 Å². The van der Waals surface area contributed by atoms with E-state index in [0.29, 0.717) is 44.3 Å². The third-order valence-corrected chi connectivity index (χ3v) is 4.78. The van der Waals surface area contributed by atoms with Gasteiger partial charge in [-0.15, -0.1) is 0 Å². The van der Waals surface area contributed by atoms with Gasteiger partial charge in [0.1, 0.15) is 6.61 Å². The maximum atomic E-state index is 12.1. The van der Waals surface area contributed by atoms with Crippen molar-refractivity contribution in [3.05, 3.63) is 92.4 Å². The van der Waals surface area contributed by atoms with Crippen LogP contribution in [0.2, 0.25) is 15.1 Å². The lowest BCUT2D eigenvalue weighted by Crippen LogP contribution is -2.17. The fraction of sp³-hybridized carbons (Fsp3) is 0.0909. The van der Waals surface area contributed by atoms with Gasteiger partial charge in [-0.05, 0) is 53.6 Å². The van der Waals surface area contributed by atoms with Crippen molar-refractivity contribution in [3.63, 3.8) is 0 Å². The van der Waals surface area contributed by atoms with Gasteiger partial charge in [0.2, 0.25) is 0 Å². The number of carbonyl (C=O) groups excluding carboxylic acids is 1. The molecule has 0 heterocycles. The lowest BCUT2D eigenvalue weighted by molar-refractivity contribution is 0.0955. The third-order valence-electron chi connectivity index (χ3n) is 4.01. The quantitative estimate of drug-likeness (QED) is 0.345. The summed E-state index contributed by atoms with van der Waals surface area (Å²) in [6.07, 6.45) is 1.46. The van der Waals surface area contributed by atoms with Gasteiger partial charge in [-0.2, -0.15) is 5.10 Å². The van der Waals surface area contributed by atoms with Crippen LogP contribution in [0, 0.1) is 0 Å². The molecule has 3 aromatic carbocycles. The van der Waals surface area contributed by atoms with E-state index in [1.165, 1.54) is 13.3 Å². The lowest BCUT2D eigenvalue weighted by Gasteiger charge is -2.13. The second-order valence-corrected chi connectivity index (χ2v) is 7.44. The standard InChI is InChI=1S/C22H17Cl3N2O3/c1-29-20-10-15(12-26-27-22(28)16-3-2-4-18(24)11-16)9-19(25)21(20)30-13-14-5-7-17(23)8-6-14/h2-12H,13H2,1H3,(H,27,28)/b26-12-.